The van der Waals surface area contributed by atoms with Crippen molar-refractivity contribution in [3.8, 4) is 11.5 Å². The molecule has 0 spiro atoms. The Morgan fingerprint density at radius 2 is 1.85 bits per heavy atom. The van der Waals surface area contributed by atoms with Crippen molar-refractivity contribution in [2.75, 3.05) is 11.9 Å². The van der Waals surface area contributed by atoms with Gasteiger partial charge in [0, 0.05) is 24.2 Å². The maximum absolute atomic E-state index is 5.95. The van der Waals surface area contributed by atoms with Gasteiger partial charge in [0.25, 0.3) is 0 Å². The van der Waals surface area contributed by atoms with Gasteiger partial charge in [-0.3, -0.25) is 4.99 Å². The van der Waals surface area contributed by atoms with Gasteiger partial charge < -0.3 is 15.5 Å². The van der Waals surface area contributed by atoms with E-state index in [-0.39, 0.29) is 0 Å². The number of aromatic nitrogens is 1. The second-order valence-corrected chi connectivity index (χ2v) is 6.20. The second kappa shape index (κ2) is 8.34. The normalized spacial score (nSPS) is 11.5. The number of nitrogens with zero attached hydrogens (tertiary/aromatic N) is 2. The van der Waals surface area contributed by atoms with Gasteiger partial charge in [0.1, 0.15) is 6.26 Å². The Balaban J connectivity index is 1.53. The van der Waals surface area contributed by atoms with Gasteiger partial charge in [-0.2, -0.15) is 0 Å². The number of hydrogen-bond acceptors (Lipinski definition) is 3. The van der Waals surface area contributed by atoms with E-state index in [4.69, 9.17) is 10.2 Å². The van der Waals surface area contributed by atoms with Crippen LogP contribution in [0.25, 0.3) is 11.5 Å². The summed E-state index contributed by atoms with van der Waals surface area (Å²) < 4.78 is 5.56. The van der Waals surface area contributed by atoms with Gasteiger partial charge in [-0.05, 0) is 43.2 Å². The molecule has 134 valence electrons. The van der Waals surface area contributed by atoms with Crippen molar-refractivity contribution < 1.29 is 4.42 Å². The van der Waals surface area contributed by atoms with Gasteiger partial charge in [0.2, 0.25) is 5.89 Å². The molecule has 2 aromatic carbocycles. The molecule has 0 aliphatic rings. The molecule has 0 unspecified atom stereocenters. The third kappa shape index (κ3) is 4.72. The largest absolute Gasteiger partial charge is 0.444 e. The summed E-state index contributed by atoms with van der Waals surface area (Å²) in [5, 5.41) is 3.10. The molecule has 3 rings (SSSR count). The average Bonchev–Trinajstić information content (AvgIpc) is 3.12. The molecule has 3 aromatic rings. The predicted octanol–water partition coefficient (Wildman–Crippen LogP) is 4.18. The van der Waals surface area contributed by atoms with Crippen LogP contribution in [-0.2, 0) is 12.8 Å². The number of nitrogens with one attached hydrogen (secondary N) is 1. The molecule has 0 aliphatic carbocycles. The number of benzene rings is 2. The summed E-state index contributed by atoms with van der Waals surface area (Å²) >= 11 is 0. The molecule has 5 nitrogen and oxygen atoms in total. The Labute approximate surface area is 154 Å². The number of aryl methyl sites for hydroxylation is 2. The molecule has 0 radical (unpaired) electrons. The Kier molecular flexibility index (Phi) is 5.69. The lowest BCUT2D eigenvalue weighted by molar-refractivity contribution is 0.572. The lowest BCUT2D eigenvalue weighted by Gasteiger charge is -2.06. The Morgan fingerprint density at radius 1 is 1.12 bits per heavy atom. The molecule has 0 amide bonds. The van der Waals surface area contributed by atoms with Crippen LogP contribution in [-0.4, -0.2) is 17.5 Å². The molecular weight excluding hydrogens is 324 g/mol. The van der Waals surface area contributed by atoms with E-state index in [0.717, 1.165) is 23.4 Å². The van der Waals surface area contributed by atoms with E-state index in [1.807, 2.05) is 36.4 Å². The van der Waals surface area contributed by atoms with Crippen molar-refractivity contribution >= 4 is 11.6 Å². The molecule has 1 aromatic heterocycles. The second-order valence-electron chi connectivity index (χ2n) is 6.20. The zero-order valence-corrected chi connectivity index (χ0v) is 15.2. The average molecular weight is 348 g/mol. The summed E-state index contributed by atoms with van der Waals surface area (Å²) in [4.78, 5) is 8.87. The van der Waals surface area contributed by atoms with E-state index in [1.54, 1.807) is 6.26 Å². The van der Waals surface area contributed by atoms with Crippen molar-refractivity contribution in [2.45, 2.75) is 26.7 Å². The zero-order valence-electron chi connectivity index (χ0n) is 15.2. The molecular formula is C21H24N4O. The van der Waals surface area contributed by atoms with Crippen LogP contribution in [0.5, 0.6) is 0 Å². The smallest absolute Gasteiger partial charge is 0.226 e. The van der Waals surface area contributed by atoms with Crippen molar-refractivity contribution in [3.63, 3.8) is 0 Å². The van der Waals surface area contributed by atoms with Crippen molar-refractivity contribution in [1.29, 1.82) is 0 Å². The van der Waals surface area contributed by atoms with E-state index in [0.29, 0.717) is 24.8 Å². The summed E-state index contributed by atoms with van der Waals surface area (Å²) in [6, 6.07) is 16.3. The highest BCUT2D eigenvalue weighted by molar-refractivity contribution is 5.92. The minimum absolute atomic E-state index is 0.400. The maximum atomic E-state index is 5.95. The molecule has 3 N–H and O–H groups in total. The topological polar surface area (TPSA) is 76.4 Å². The highest BCUT2D eigenvalue weighted by Gasteiger charge is 2.06. The fourth-order valence-electron chi connectivity index (χ4n) is 2.55. The van der Waals surface area contributed by atoms with E-state index in [2.05, 4.69) is 41.3 Å². The van der Waals surface area contributed by atoms with Crippen molar-refractivity contribution in [3.05, 3.63) is 71.6 Å². The molecule has 0 fully saturated rings. The first-order chi connectivity index (χ1) is 12.6. The SMILES string of the molecule is CCc1ccc(NC(N)=NCCc2coc(-c3ccc(C)cc3)n2)cc1. The number of guanidine groups is 1. The Hall–Kier alpha value is -3.08. The van der Waals surface area contributed by atoms with Crippen LogP contribution in [0.3, 0.4) is 0 Å². The van der Waals surface area contributed by atoms with Crippen LogP contribution in [0.4, 0.5) is 5.69 Å². The van der Waals surface area contributed by atoms with E-state index >= 15 is 0 Å². The number of aliphatic imine (C=N–C) groups is 1. The van der Waals surface area contributed by atoms with Crippen LogP contribution in [0.1, 0.15) is 23.7 Å². The van der Waals surface area contributed by atoms with E-state index in [9.17, 15) is 0 Å². The minimum Gasteiger partial charge on any atom is -0.444 e. The van der Waals surface area contributed by atoms with E-state index in [1.165, 1.54) is 11.1 Å². The summed E-state index contributed by atoms with van der Waals surface area (Å²) in [6.45, 7) is 4.73. The van der Waals surface area contributed by atoms with Crippen LogP contribution in [0.15, 0.2) is 64.2 Å². The van der Waals surface area contributed by atoms with Crippen LogP contribution < -0.4 is 11.1 Å². The summed E-state index contributed by atoms with van der Waals surface area (Å²) in [5.74, 6) is 1.03. The minimum atomic E-state index is 0.400. The molecule has 0 aliphatic heterocycles. The lowest BCUT2D eigenvalue weighted by atomic mass is 10.1. The van der Waals surface area contributed by atoms with Crippen LogP contribution in [0.2, 0.25) is 0 Å². The fraction of sp³-hybridized carbons (Fsp3) is 0.238. The van der Waals surface area contributed by atoms with Gasteiger partial charge in [0.05, 0.1) is 5.69 Å². The first kappa shape index (κ1) is 17.7. The summed E-state index contributed by atoms with van der Waals surface area (Å²) in [5.41, 5.74) is 11.2. The highest BCUT2D eigenvalue weighted by Crippen LogP contribution is 2.19. The molecule has 0 saturated carbocycles. The van der Waals surface area contributed by atoms with Crippen LogP contribution >= 0.6 is 0 Å². The third-order valence-electron chi connectivity index (χ3n) is 4.13. The molecule has 0 atom stereocenters. The lowest BCUT2D eigenvalue weighted by Crippen LogP contribution is -2.23. The summed E-state index contributed by atoms with van der Waals surface area (Å²) in [7, 11) is 0. The third-order valence-corrected chi connectivity index (χ3v) is 4.13. The molecule has 26 heavy (non-hydrogen) atoms. The van der Waals surface area contributed by atoms with Crippen molar-refractivity contribution in [2.24, 2.45) is 10.7 Å². The molecule has 0 bridgehead atoms. The van der Waals surface area contributed by atoms with E-state index < -0.39 is 0 Å². The monoisotopic (exact) mass is 348 g/mol. The standard InChI is InChI=1S/C21H24N4O/c1-3-16-6-10-18(11-7-16)25-21(22)23-13-12-19-14-26-20(24-19)17-8-4-15(2)5-9-17/h4-11,14H,3,12-13H2,1-2H3,(H3,22,23,25). The van der Waals surface area contributed by atoms with Gasteiger partial charge in [-0.15, -0.1) is 0 Å². The van der Waals surface area contributed by atoms with Gasteiger partial charge in [-0.25, -0.2) is 4.98 Å². The van der Waals surface area contributed by atoms with Gasteiger partial charge in [-0.1, -0.05) is 36.8 Å². The van der Waals surface area contributed by atoms with Gasteiger partial charge >= 0.3 is 0 Å². The van der Waals surface area contributed by atoms with Gasteiger partial charge in [0.15, 0.2) is 5.96 Å². The summed E-state index contributed by atoms with van der Waals surface area (Å²) in [6.07, 6.45) is 3.37. The quantitative estimate of drug-likeness (QED) is 0.517. The molecule has 0 saturated heterocycles. The fourth-order valence-corrected chi connectivity index (χ4v) is 2.55. The molecule has 1 heterocycles. The van der Waals surface area contributed by atoms with Crippen LogP contribution in [0, 0.1) is 6.92 Å². The number of nitrogens with two attached hydrogens (primary N) is 1. The Bertz CT molecular complexity index is 864. The zero-order chi connectivity index (χ0) is 18.4. The Morgan fingerprint density at radius 3 is 2.54 bits per heavy atom. The number of hydrogen-bond donors (Lipinski definition) is 2. The van der Waals surface area contributed by atoms with Crippen molar-refractivity contribution in [1.82, 2.24) is 4.98 Å². The first-order valence-corrected chi connectivity index (χ1v) is 8.81. The number of oxazole rings is 1. The number of rotatable bonds is 6. The maximum Gasteiger partial charge on any atom is 0.226 e. The first-order valence-electron chi connectivity index (χ1n) is 8.81. The highest BCUT2D eigenvalue weighted by atomic mass is 16.3. The molecule has 5 heteroatoms. The predicted molar refractivity (Wildman–Crippen MR) is 106 cm³/mol. The number of anilines is 1.